The lowest BCUT2D eigenvalue weighted by Gasteiger charge is -2.17. The number of halogens is 1. The number of hydrogen-bond donors (Lipinski definition) is 2. The number of rotatable bonds is 8. The molecule has 0 aliphatic carbocycles. The highest BCUT2D eigenvalue weighted by atomic mass is 32.2. The van der Waals surface area contributed by atoms with Gasteiger partial charge in [0.05, 0.1) is 28.4 Å². The molecule has 6 nitrogen and oxygen atoms in total. The van der Waals surface area contributed by atoms with Crippen molar-refractivity contribution in [1.29, 1.82) is 0 Å². The summed E-state index contributed by atoms with van der Waals surface area (Å²) in [5, 5.41) is 2.57. The third kappa shape index (κ3) is 5.08. The SMILES string of the molecule is CCOc1ccc(S(=O)(=O)Nc2c(C)cccc2CC)cc1NC(=O)c1ccccc1F. The summed E-state index contributed by atoms with van der Waals surface area (Å²) in [6, 6.07) is 15.3. The van der Waals surface area contributed by atoms with Crippen molar-refractivity contribution in [2.24, 2.45) is 0 Å². The molecule has 2 N–H and O–H groups in total. The van der Waals surface area contributed by atoms with Crippen LogP contribution in [0.3, 0.4) is 0 Å². The average molecular weight is 457 g/mol. The van der Waals surface area contributed by atoms with Crippen LogP contribution < -0.4 is 14.8 Å². The highest BCUT2D eigenvalue weighted by Gasteiger charge is 2.21. The van der Waals surface area contributed by atoms with E-state index in [4.69, 9.17) is 4.74 Å². The molecule has 1 amide bonds. The summed E-state index contributed by atoms with van der Waals surface area (Å²) in [7, 11) is -3.96. The maximum Gasteiger partial charge on any atom is 0.261 e. The number of hydrogen-bond acceptors (Lipinski definition) is 4. The molecule has 0 aromatic heterocycles. The fourth-order valence-corrected chi connectivity index (χ4v) is 4.45. The topological polar surface area (TPSA) is 84.5 Å². The van der Waals surface area contributed by atoms with Gasteiger partial charge < -0.3 is 10.1 Å². The zero-order chi connectivity index (χ0) is 23.3. The van der Waals surface area contributed by atoms with Crippen molar-refractivity contribution in [2.45, 2.75) is 32.1 Å². The minimum atomic E-state index is -3.96. The Morgan fingerprint density at radius 1 is 1.03 bits per heavy atom. The van der Waals surface area contributed by atoms with Gasteiger partial charge in [-0.05, 0) is 61.7 Å². The van der Waals surface area contributed by atoms with Gasteiger partial charge in [0, 0.05) is 0 Å². The predicted molar refractivity (Wildman–Crippen MR) is 123 cm³/mol. The van der Waals surface area contributed by atoms with Crippen LogP contribution >= 0.6 is 0 Å². The van der Waals surface area contributed by atoms with E-state index in [1.807, 2.05) is 32.0 Å². The van der Waals surface area contributed by atoms with Gasteiger partial charge in [0.15, 0.2) is 0 Å². The Morgan fingerprint density at radius 3 is 2.47 bits per heavy atom. The molecule has 0 heterocycles. The lowest BCUT2D eigenvalue weighted by Crippen LogP contribution is -2.17. The van der Waals surface area contributed by atoms with Crippen LogP contribution in [-0.4, -0.2) is 20.9 Å². The fraction of sp³-hybridized carbons (Fsp3) is 0.208. The van der Waals surface area contributed by atoms with Crippen molar-refractivity contribution in [3.63, 3.8) is 0 Å². The molecule has 0 spiro atoms. The van der Waals surface area contributed by atoms with Crippen molar-refractivity contribution in [1.82, 2.24) is 0 Å². The Bertz CT molecular complexity index is 1240. The van der Waals surface area contributed by atoms with Gasteiger partial charge in [0.25, 0.3) is 15.9 Å². The first-order valence-corrected chi connectivity index (χ1v) is 11.7. The van der Waals surface area contributed by atoms with E-state index < -0.39 is 21.7 Å². The number of benzene rings is 3. The normalized spacial score (nSPS) is 11.1. The smallest absolute Gasteiger partial charge is 0.261 e. The number of aryl methyl sites for hydroxylation is 2. The second-order valence-corrected chi connectivity index (χ2v) is 8.78. The molecule has 0 bridgehead atoms. The van der Waals surface area contributed by atoms with E-state index in [1.54, 1.807) is 13.0 Å². The predicted octanol–water partition coefficient (Wildman–Crippen LogP) is 5.15. The molecule has 0 unspecified atom stereocenters. The number of nitrogens with one attached hydrogen (secondary N) is 2. The molecule has 0 aliphatic rings. The van der Waals surface area contributed by atoms with Gasteiger partial charge in [-0.25, -0.2) is 12.8 Å². The summed E-state index contributed by atoms with van der Waals surface area (Å²) in [5.41, 5.74) is 2.16. The lowest BCUT2D eigenvalue weighted by atomic mass is 10.1. The van der Waals surface area contributed by atoms with E-state index in [0.717, 1.165) is 11.1 Å². The Morgan fingerprint density at radius 2 is 1.78 bits per heavy atom. The van der Waals surface area contributed by atoms with Gasteiger partial charge in [0.1, 0.15) is 11.6 Å². The second-order valence-electron chi connectivity index (χ2n) is 7.09. The van der Waals surface area contributed by atoms with Crippen LogP contribution in [0, 0.1) is 12.7 Å². The number of anilines is 2. The van der Waals surface area contributed by atoms with Gasteiger partial charge in [-0.2, -0.15) is 0 Å². The average Bonchev–Trinajstić information content (AvgIpc) is 2.76. The first kappa shape index (κ1) is 23.3. The molecule has 0 aliphatic heterocycles. The van der Waals surface area contributed by atoms with Crippen molar-refractivity contribution in [3.8, 4) is 5.75 Å². The third-order valence-corrected chi connectivity index (χ3v) is 6.25. The Labute approximate surface area is 187 Å². The van der Waals surface area contributed by atoms with E-state index in [-0.39, 0.29) is 21.9 Å². The second kappa shape index (κ2) is 9.82. The molecule has 32 heavy (non-hydrogen) atoms. The molecular formula is C24H25FN2O4S. The standard InChI is InChI=1S/C24H25FN2O4S/c1-4-17-10-8-9-16(3)23(17)27-32(29,30)18-13-14-22(31-5-2)21(15-18)26-24(28)19-11-6-7-12-20(19)25/h6-15,27H,4-5H2,1-3H3,(H,26,28). The summed E-state index contributed by atoms with van der Waals surface area (Å²) in [6.45, 7) is 5.84. The number of carbonyl (C=O) groups is 1. The van der Waals surface area contributed by atoms with Crippen LogP contribution in [0.2, 0.25) is 0 Å². The summed E-state index contributed by atoms with van der Waals surface area (Å²) < 4.78 is 48.4. The first-order valence-electron chi connectivity index (χ1n) is 10.2. The van der Waals surface area contributed by atoms with Crippen LogP contribution in [0.4, 0.5) is 15.8 Å². The number of sulfonamides is 1. The summed E-state index contributed by atoms with van der Waals surface area (Å²) >= 11 is 0. The molecule has 8 heteroatoms. The molecule has 3 rings (SSSR count). The van der Waals surface area contributed by atoms with E-state index in [9.17, 15) is 17.6 Å². The molecule has 3 aromatic rings. The Hall–Kier alpha value is -3.39. The van der Waals surface area contributed by atoms with Crippen LogP contribution in [-0.2, 0) is 16.4 Å². The first-order chi connectivity index (χ1) is 15.3. The van der Waals surface area contributed by atoms with Crippen molar-refractivity contribution < 1.29 is 22.3 Å². The summed E-state index contributed by atoms with van der Waals surface area (Å²) in [5.74, 6) is -1.11. The summed E-state index contributed by atoms with van der Waals surface area (Å²) in [4.78, 5) is 12.5. The monoisotopic (exact) mass is 456 g/mol. The Kier molecular flexibility index (Phi) is 7.15. The molecule has 0 atom stereocenters. The van der Waals surface area contributed by atoms with E-state index >= 15 is 0 Å². The van der Waals surface area contributed by atoms with Gasteiger partial charge in [-0.1, -0.05) is 37.3 Å². The molecule has 3 aromatic carbocycles. The van der Waals surface area contributed by atoms with E-state index in [1.165, 1.54) is 36.4 Å². The largest absolute Gasteiger partial charge is 0.492 e. The molecule has 0 saturated heterocycles. The quantitative estimate of drug-likeness (QED) is 0.491. The molecule has 168 valence electrons. The van der Waals surface area contributed by atoms with Crippen LogP contribution in [0.5, 0.6) is 5.75 Å². The Balaban J connectivity index is 1.98. The third-order valence-electron chi connectivity index (χ3n) is 4.90. The van der Waals surface area contributed by atoms with Crippen LogP contribution in [0.1, 0.15) is 35.3 Å². The lowest BCUT2D eigenvalue weighted by molar-refractivity contribution is 0.102. The van der Waals surface area contributed by atoms with Crippen molar-refractivity contribution in [2.75, 3.05) is 16.6 Å². The highest BCUT2D eigenvalue weighted by molar-refractivity contribution is 7.92. The van der Waals surface area contributed by atoms with Crippen molar-refractivity contribution >= 4 is 27.3 Å². The maximum absolute atomic E-state index is 14.0. The maximum atomic E-state index is 14.0. The van der Waals surface area contributed by atoms with E-state index in [0.29, 0.717) is 18.7 Å². The van der Waals surface area contributed by atoms with Gasteiger partial charge in [-0.3, -0.25) is 9.52 Å². The van der Waals surface area contributed by atoms with Crippen LogP contribution in [0.25, 0.3) is 0 Å². The summed E-state index contributed by atoms with van der Waals surface area (Å²) in [6.07, 6.45) is 0.659. The number of carbonyl (C=O) groups excluding carboxylic acids is 1. The zero-order valence-corrected chi connectivity index (χ0v) is 18.9. The van der Waals surface area contributed by atoms with E-state index in [2.05, 4.69) is 10.0 Å². The highest BCUT2D eigenvalue weighted by Crippen LogP contribution is 2.31. The minimum Gasteiger partial charge on any atom is -0.492 e. The number of para-hydroxylation sites is 1. The molecule has 0 radical (unpaired) electrons. The molecular weight excluding hydrogens is 431 g/mol. The van der Waals surface area contributed by atoms with Gasteiger partial charge >= 0.3 is 0 Å². The van der Waals surface area contributed by atoms with Crippen molar-refractivity contribution in [3.05, 3.63) is 83.2 Å². The zero-order valence-electron chi connectivity index (χ0n) is 18.1. The van der Waals surface area contributed by atoms with Gasteiger partial charge in [-0.15, -0.1) is 0 Å². The van der Waals surface area contributed by atoms with Crippen LogP contribution in [0.15, 0.2) is 65.6 Å². The minimum absolute atomic E-state index is 0.0601. The van der Waals surface area contributed by atoms with Gasteiger partial charge in [0.2, 0.25) is 0 Å². The number of ether oxygens (including phenoxy) is 1. The molecule has 0 saturated carbocycles. The molecule has 0 fully saturated rings. The number of amides is 1. The fourth-order valence-electron chi connectivity index (χ4n) is 3.25.